The highest BCUT2D eigenvalue weighted by Gasteiger charge is 2.35. The van der Waals surface area contributed by atoms with Gasteiger partial charge < -0.3 is 20.0 Å². The molecule has 0 saturated carbocycles. The van der Waals surface area contributed by atoms with Crippen molar-refractivity contribution in [2.75, 3.05) is 74.7 Å². The molecule has 1 unspecified atom stereocenters. The first-order chi connectivity index (χ1) is 28.3. The van der Waals surface area contributed by atoms with Crippen molar-refractivity contribution in [3.8, 4) is 11.1 Å². The average Bonchev–Trinajstić information content (AvgIpc) is 3.22. The zero-order valence-electron chi connectivity index (χ0n) is 33.3. The summed E-state index contributed by atoms with van der Waals surface area (Å²) >= 11 is 7.74. The molecular formula is C44H48ClN7O5S2. The lowest BCUT2D eigenvalue weighted by atomic mass is 10.0. The van der Waals surface area contributed by atoms with E-state index in [1.165, 1.54) is 17.7 Å². The Balaban J connectivity index is 1.01. The number of hydrogen-bond donors (Lipinski definition) is 2. The molecule has 5 aromatic carbocycles. The second-order valence-corrected chi connectivity index (χ2v) is 18.5. The highest BCUT2D eigenvalue weighted by molar-refractivity contribution is 7.99. The van der Waals surface area contributed by atoms with E-state index in [9.17, 15) is 23.3 Å². The molecule has 0 aromatic heterocycles. The van der Waals surface area contributed by atoms with Crippen molar-refractivity contribution in [2.24, 2.45) is 0 Å². The molecule has 2 N–H and O–H groups in total. The van der Waals surface area contributed by atoms with Gasteiger partial charge in [0.05, 0.1) is 27.2 Å². The molecule has 15 heteroatoms. The Morgan fingerprint density at radius 1 is 0.915 bits per heavy atom. The number of fused-ring (bicyclic) bond motifs is 3. The molecule has 2 heterocycles. The van der Waals surface area contributed by atoms with E-state index in [-0.39, 0.29) is 28.2 Å². The number of anilines is 3. The summed E-state index contributed by atoms with van der Waals surface area (Å²) in [5.74, 6) is -0.181. The van der Waals surface area contributed by atoms with E-state index in [2.05, 4.69) is 49.0 Å². The molecule has 2 aliphatic rings. The van der Waals surface area contributed by atoms with Crippen LogP contribution in [0.5, 0.6) is 0 Å². The van der Waals surface area contributed by atoms with Crippen LogP contribution < -0.4 is 19.8 Å². The molecule has 0 radical (unpaired) electrons. The number of piperazine rings is 1. The highest BCUT2D eigenvalue weighted by atomic mass is 35.5. The van der Waals surface area contributed by atoms with Crippen LogP contribution in [0.3, 0.4) is 0 Å². The van der Waals surface area contributed by atoms with E-state index in [0.29, 0.717) is 17.2 Å². The molecule has 0 bridgehead atoms. The Morgan fingerprint density at radius 2 is 1.69 bits per heavy atom. The Kier molecular flexibility index (Phi) is 13.1. The van der Waals surface area contributed by atoms with Crippen molar-refractivity contribution in [2.45, 2.75) is 34.8 Å². The first-order valence-electron chi connectivity index (χ1n) is 19.5. The summed E-state index contributed by atoms with van der Waals surface area (Å²) < 4.78 is 29.3. The second-order valence-electron chi connectivity index (χ2n) is 15.3. The van der Waals surface area contributed by atoms with Gasteiger partial charge in [-0.2, -0.15) is 0 Å². The number of carbonyl (C=O) groups excluding carboxylic acids is 1. The number of nitrogens with zero attached hydrogens (tertiary/aromatic N) is 5. The third-order valence-corrected chi connectivity index (χ3v) is 13.5. The molecular weight excluding hydrogens is 806 g/mol. The van der Waals surface area contributed by atoms with Gasteiger partial charge in [0.25, 0.3) is 21.6 Å². The Hall–Kier alpha value is -5.12. The fourth-order valence-corrected chi connectivity index (χ4v) is 9.76. The lowest BCUT2D eigenvalue weighted by Gasteiger charge is -2.49. The molecule has 1 saturated heterocycles. The van der Waals surface area contributed by atoms with Gasteiger partial charge in [0, 0.05) is 73.1 Å². The number of carbonyl (C=O) groups is 1. The molecule has 1 amide bonds. The van der Waals surface area contributed by atoms with Crippen LogP contribution in [0.25, 0.3) is 11.1 Å². The van der Waals surface area contributed by atoms with Crippen LogP contribution >= 0.6 is 23.4 Å². The molecule has 5 aromatic rings. The molecule has 0 spiro atoms. The van der Waals surface area contributed by atoms with E-state index in [0.717, 1.165) is 72.7 Å². The van der Waals surface area contributed by atoms with Gasteiger partial charge >= 0.3 is 0 Å². The SMILES string of the molecule is CN(C)CC[C@H](CSc1ccccc1)Nc1ccc(S(=O)(=O)NC(=O)c2ccc3c(c2)N(C)CC2CN(Cc4cccc(-c5ccc(Cl)cc5)c4)CCN32)cc1[N+](=O)[O-]. The van der Waals surface area contributed by atoms with Gasteiger partial charge in [-0.1, -0.05) is 60.1 Å². The van der Waals surface area contributed by atoms with Crippen molar-refractivity contribution >= 4 is 62.0 Å². The molecule has 308 valence electrons. The molecule has 1 fully saturated rings. The van der Waals surface area contributed by atoms with Crippen molar-refractivity contribution in [1.29, 1.82) is 0 Å². The van der Waals surface area contributed by atoms with E-state index < -0.39 is 26.5 Å². The van der Waals surface area contributed by atoms with Crippen molar-refractivity contribution < 1.29 is 18.1 Å². The van der Waals surface area contributed by atoms with Gasteiger partial charge in [-0.15, -0.1) is 11.8 Å². The zero-order valence-corrected chi connectivity index (χ0v) is 35.6. The van der Waals surface area contributed by atoms with Gasteiger partial charge in [-0.3, -0.25) is 19.8 Å². The summed E-state index contributed by atoms with van der Waals surface area (Å²) in [6.07, 6.45) is 0.703. The van der Waals surface area contributed by atoms with E-state index in [1.807, 2.05) is 86.7 Å². The fourth-order valence-electron chi connectivity index (χ4n) is 7.65. The van der Waals surface area contributed by atoms with Crippen molar-refractivity contribution in [1.82, 2.24) is 14.5 Å². The number of halogens is 1. The monoisotopic (exact) mass is 853 g/mol. The number of likely N-dealkylation sites (N-methyl/N-ethyl adjacent to an activating group) is 1. The van der Waals surface area contributed by atoms with Gasteiger partial charge in [-0.25, -0.2) is 13.1 Å². The fraction of sp³-hybridized carbons (Fsp3) is 0.295. The van der Waals surface area contributed by atoms with E-state index >= 15 is 0 Å². The molecule has 0 aliphatic carbocycles. The number of nitrogens with one attached hydrogen (secondary N) is 2. The minimum Gasteiger partial charge on any atom is -0.376 e. The van der Waals surface area contributed by atoms with Crippen LogP contribution in [0.4, 0.5) is 22.7 Å². The number of nitro groups is 1. The summed E-state index contributed by atoms with van der Waals surface area (Å²) in [6, 6.07) is 35.3. The van der Waals surface area contributed by atoms with Crippen LogP contribution in [-0.4, -0.2) is 101 Å². The number of hydrogen-bond acceptors (Lipinski definition) is 11. The van der Waals surface area contributed by atoms with E-state index in [1.54, 1.807) is 23.9 Å². The minimum atomic E-state index is -4.46. The van der Waals surface area contributed by atoms with E-state index in [4.69, 9.17) is 11.6 Å². The van der Waals surface area contributed by atoms with Gasteiger partial charge in [-0.05, 0) is 104 Å². The number of amides is 1. The van der Waals surface area contributed by atoms with Crippen molar-refractivity contribution in [3.05, 3.63) is 142 Å². The summed E-state index contributed by atoms with van der Waals surface area (Å²) in [6.45, 7) is 4.81. The quantitative estimate of drug-likeness (QED) is 0.0611. The summed E-state index contributed by atoms with van der Waals surface area (Å²) in [5, 5.41) is 16.3. The number of thioether (sulfide) groups is 1. The van der Waals surface area contributed by atoms with Crippen LogP contribution in [0, 0.1) is 10.1 Å². The second kappa shape index (κ2) is 18.4. The number of sulfonamides is 1. The van der Waals surface area contributed by atoms with Crippen LogP contribution in [-0.2, 0) is 16.6 Å². The molecule has 12 nitrogen and oxygen atoms in total. The maximum Gasteiger partial charge on any atom is 0.293 e. The third kappa shape index (κ3) is 10.4. The third-order valence-electron chi connectivity index (χ3n) is 10.7. The Bertz CT molecular complexity index is 2400. The summed E-state index contributed by atoms with van der Waals surface area (Å²) in [4.78, 5) is 34.9. The maximum atomic E-state index is 13.6. The first-order valence-corrected chi connectivity index (χ1v) is 22.3. The standard InChI is InChI=1S/C44H48ClN7O5S2/c1-48(2)21-20-36(30-58-38-10-5-4-6-11-38)46-40-18-17-39(26-42(40)52(54)55)59(56,57)47-44(53)34-14-19-41-43(25-34)49(3)28-37-29-50(22-23-51(37)41)27-31-8-7-9-33(24-31)32-12-15-35(45)16-13-32/h4-19,24-26,36-37,46H,20-23,27-30H2,1-3H3,(H,47,53)/t36-,37?/m1/s1. The number of nitro benzene ring substituents is 1. The first kappa shape index (κ1) is 42.0. The predicted molar refractivity (Wildman–Crippen MR) is 239 cm³/mol. The lowest BCUT2D eigenvalue weighted by molar-refractivity contribution is -0.384. The van der Waals surface area contributed by atoms with Gasteiger partial charge in [0.15, 0.2) is 0 Å². The van der Waals surface area contributed by atoms with Crippen molar-refractivity contribution in [3.63, 3.8) is 0 Å². The summed E-state index contributed by atoms with van der Waals surface area (Å²) in [5.41, 5.74) is 5.31. The maximum absolute atomic E-state index is 13.6. The Labute approximate surface area is 355 Å². The topological polar surface area (TPSA) is 131 Å². The summed E-state index contributed by atoms with van der Waals surface area (Å²) in [7, 11) is 1.44. The molecule has 2 atom stereocenters. The lowest BCUT2D eigenvalue weighted by Crippen LogP contribution is -2.59. The predicted octanol–water partition coefficient (Wildman–Crippen LogP) is 7.70. The normalized spacial score (nSPS) is 16.0. The van der Waals surface area contributed by atoms with Crippen LogP contribution in [0.15, 0.2) is 125 Å². The van der Waals surface area contributed by atoms with Crippen LogP contribution in [0.2, 0.25) is 5.02 Å². The smallest absolute Gasteiger partial charge is 0.293 e. The number of benzene rings is 5. The largest absolute Gasteiger partial charge is 0.376 e. The van der Waals surface area contributed by atoms with Gasteiger partial charge in [0.2, 0.25) is 0 Å². The zero-order chi connectivity index (χ0) is 41.7. The molecule has 7 rings (SSSR count). The van der Waals surface area contributed by atoms with Crippen LogP contribution in [0.1, 0.15) is 22.3 Å². The molecule has 2 aliphatic heterocycles. The average molecular weight is 854 g/mol. The number of rotatable bonds is 15. The Morgan fingerprint density at radius 3 is 2.44 bits per heavy atom. The minimum absolute atomic E-state index is 0.145. The highest BCUT2D eigenvalue weighted by Crippen LogP contribution is 2.38. The molecule has 59 heavy (non-hydrogen) atoms. The van der Waals surface area contributed by atoms with Gasteiger partial charge in [0.1, 0.15) is 5.69 Å².